The number of benzene rings is 1. The van der Waals surface area contributed by atoms with Gasteiger partial charge in [0.15, 0.2) is 5.78 Å². The normalized spacial score (nSPS) is 10.7. The van der Waals surface area contributed by atoms with Crippen LogP contribution in [0.3, 0.4) is 0 Å². The van der Waals surface area contributed by atoms with Crippen molar-refractivity contribution < 1.29 is 4.79 Å². The number of Topliss-reactive ketones (excluding diaryl/α,β-unsaturated/α-hetero) is 1. The molecule has 1 aromatic carbocycles. The second kappa shape index (κ2) is 2.83. The molecule has 0 radical (unpaired) electrons. The topological polar surface area (TPSA) is 60.9 Å². The first-order chi connectivity index (χ1) is 6.59. The van der Waals surface area contributed by atoms with E-state index in [1.165, 1.54) is 6.92 Å². The summed E-state index contributed by atoms with van der Waals surface area (Å²) in [7, 11) is 1.81. The Hall–Kier alpha value is -1.84. The minimum Gasteiger partial charge on any atom is -0.399 e. The summed E-state index contributed by atoms with van der Waals surface area (Å²) in [4.78, 5) is 11.3. The van der Waals surface area contributed by atoms with E-state index in [0.29, 0.717) is 11.4 Å². The van der Waals surface area contributed by atoms with E-state index in [4.69, 9.17) is 5.73 Å². The molecule has 0 aliphatic carbocycles. The lowest BCUT2D eigenvalue weighted by atomic mass is 10.1. The van der Waals surface area contributed by atoms with Crippen molar-refractivity contribution in [3.8, 4) is 0 Å². The van der Waals surface area contributed by atoms with E-state index in [-0.39, 0.29) is 5.78 Å². The highest BCUT2D eigenvalue weighted by Gasteiger charge is 2.11. The number of hydrogen-bond acceptors (Lipinski definition) is 3. The summed E-state index contributed by atoms with van der Waals surface area (Å²) >= 11 is 0. The molecular formula is C10H11N3O. The van der Waals surface area contributed by atoms with Crippen molar-refractivity contribution in [2.24, 2.45) is 7.05 Å². The Morgan fingerprint density at radius 3 is 2.86 bits per heavy atom. The third-order valence-electron chi connectivity index (χ3n) is 2.21. The number of nitrogen functional groups attached to an aromatic ring is 1. The smallest absolute Gasteiger partial charge is 0.180 e. The van der Waals surface area contributed by atoms with Crippen LogP contribution in [0.2, 0.25) is 0 Å². The van der Waals surface area contributed by atoms with Crippen molar-refractivity contribution in [2.75, 3.05) is 5.73 Å². The number of carbonyl (C=O) groups is 1. The average molecular weight is 189 g/mol. The quantitative estimate of drug-likeness (QED) is 0.544. The fraction of sp³-hybridized carbons (Fsp3) is 0.200. The Labute approximate surface area is 81.3 Å². The van der Waals surface area contributed by atoms with Gasteiger partial charge in [0.05, 0.1) is 5.52 Å². The second-order valence-corrected chi connectivity index (χ2v) is 3.30. The van der Waals surface area contributed by atoms with E-state index < -0.39 is 0 Å². The van der Waals surface area contributed by atoms with Crippen LogP contribution in [0, 0.1) is 0 Å². The summed E-state index contributed by atoms with van der Waals surface area (Å²) in [5.74, 6) is -0.0406. The minimum atomic E-state index is -0.0406. The second-order valence-electron chi connectivity index (χ2n) is 3.30. The molecule has 0 atom stereocenters. The van der Waals surface area contributed by atoms with Crippen LogP contribution in [0.1, 0.15) is 17.4 Å². The van der Waals surface area contributed by atoms with Crippen LogP contribution < -0.4 is 5.73 Å². The molecule has 0 saturated heterocycles. The fourth-order valence-electron chi connectivity index (χ4n) is 1.54. The molecule has 1 heterocycles. The maximum Gasteiger partial charge on any atom is 0.180 e. The Morgan fingerprint density at radius 2 is 2.21 bits per heavy atom. The van der Waals surface area contributed by atoms with Gasteiger partial charge in [-0.15, -0.1) is 0 Å². The van der Waals surface area contributed by atoms with Gasteiger partial charge >= 0.3 is 0 Å². The van der Waals surface area contributed by atoms with Gasteiger partial charge in [-0.05, 0) is 18.2 Å². The van der Waals surface area contributed by atoms with Gasteiger partial charge in [0, 0.05) is 25.0 Å². The van der Waals surface area contributed by atoms with Crippen molar-refractivity contribution in [2.45, 2.75) is 6.92 Å². The fourth-order valence-corrected chi connectivity index (χ4v) is 1.54. The molecule has 0 saturated carbocycles. The lowest BCUT2D eigenvalue weighted by Gasteiger charge is -1.94. The molecule has 14 heavy (non-hydrogen) atoms. The molecule has 0 fully saturated rings. The minimum absolute atomic E-state index is 0.0406. The zero-order chi connectivity index (χ0) is 10.3. The highest BCUT2D eigenvalue weighted by atomic mass is 16.1. The van der Waals surface area contributed by atoms with Gasteiger partial charge in [-0.25, -0.2) is 0 Å². The van der Waals surface area contributed by atoms with E-state index in [0.717, 1.165) is 10.9 Å². The molecule has 4 nitrogen and oxygen atoms in total. The molecule has 0 spiro atoms. The van der Waals surface area contributed by atoms with Crippen molar-refractivity contribution >= 4 is 22.4 Å². The maximum atomic E-state index is 11.3. The highest BCUT2D eigenvalue weighted by Crippen LogP contribution is 2.20. The number of aromatic nitrogens is 2. The number of hydrogen-bond donors (Lipinski definition) is 1. The van der Waals surface area contributed by atoms with Gasteiger partial charge < -0.3 is 5.73 Å². The van der Waals surface area contributed by atoms with Crippen LogP contribution in [0.25, 0.3) is 10.9 Å². The monoisotopic (exact) mass is 189 g/mol. The van der Waals surface area contributed by atoms with E-state index in [2.05, 4.69) is 5.10 Å². The summed E-state index contributed by atoms with van der Waals surface area (Å²) in [6.45, 7) is 1.50. The number of anilines is 1. The zero-order valence-electron chi connectivity index (χ0n) is 8.11. The number of fused-ring (bicyclic) bond motifs is 1. The Kier molecular flexibility index (Phi) is 1.77. The SMILES string of the molecule is CC(=O)c1nn(C)c2ccc(N)cc12. The molecule has 2 N–H and O–H groups in total. The molecular weight excluding hydrogens is 178 g/mol. The number of aryl methyl sites for hydroxylation is 1. The number of nitrogens with two attached hydrogens (primary N) is 1. The summed E-state index contributed by atoms with van der Waals surface area (Å²) in [5.41, 5.74) is 7.70. The number of nitrogens with zero attached hydrogens (tertiary/aromatic N) is 2. The van der Waals surface area contributed by atoms with Crippen molar-refractivity contribution in [1.82, 2.24) is 9.78 Å². The molecule has 1 aromatic heterocycles. The van der Waals surface area contributed by atoms with Gasteiger partial charge in [-0.2, -0.15) is 5.10 Å². The van der Waals surface area contributed by atoms with Crippen molar-refractivity contribution in [3.63, 3.8) is 0 Å². The first-order valence-electron chi connectivity index (χ1n) is 4.33. The van der Waals surface area contributed by atoms with E-state index in [1.807, 2.05) is 13.1 Å². The summed E-state index contributed by atoms with van der Waals surface area (Å²) < 4.78 is 1.69. The highest BCUT2D eigenvalue weighted by molar-refractivity contribution is 6.05. The van der Waals surface area contributed by atoms with Gasteiger partial charge in [-0.3, -0.25) is 9.48 Å². The molecule has 2 aromatic rings. The summed E-state index contributed by atoms with van der Waals surface area (Å²) in [6, 6.07) is 5.44. The first-order valence-corrected chi connectivity index (χ1v) is 4.33. The predicted molar refractivity (Wildman–Crippen MR) is 55.1 cm³/mol. The van der Waals surface area contributed by atoms with E-state index in [9.17, 15) is 4.79 Å². The number of ketones is 1. The molecule has 0 bridgehead atoms. The number of rotatable bonds is 1. The van der Waals surface area contributed by atoms with Crippen LogP contribution >= 0.6 is 0 Å². The van der Waals surface area contributed by atoms with Gasteiger partial charge in [0.1, 0.15) is 5.69 Å². The summed E-state index contributed by atoms with van der Waals surface area (Å²) in [5, 5.41) is 4.96. The predicted octanol–water partition coefficient (Wildman–Crippen LogP) is 1.36. The summed E-state index contributed by atoms with van der Waals surface area (Å²) in [6.07, 6.45) is 0. The largest absolute Gasteiger partial charge is 0.399 e. The van der Waals surface area contributed by atoms with Crippen LogP contribution in [-0.4, -0.2) is 15.6 Å². The molecule has 0 aliphatic heterocycles. The molecule has 0 unspecified atom stereocenters. The van der Waals surface area contributed by atoms with Gasteiger partial charge in [-0.1, -0.05) is 0 Å². The molecule has 4 heteroatoms. The standard InChI is InChI=1S/C10H11N3O/c1-6(14)10-8-5-7(11)3-4-9(8)13(2)12-10/h3-5H,11H2,1-2H3. The molecule has 0 amide bonds. The molecule has 0 aliphatic rings. The Morgan fingerprint density at radius 1 is 1.50 bits per heavy atom. The molecule has 2 rings (SSSR count). The third kappa shape index (κ3) is 1.16. The first kappa shape index (κ1) is 8.74. The van der Waals surface area contributed by atoms with E-state index >= 15 is 0 Å². The lowest BCUT2D eigenvalue weighted by molar-refractivity contribution is 0.101. The van der Waals surface area contributed by atoms with Crippen LogP contribution in [-0.2, 0) is 7.05 Å². The lowest BCUT2D eigenvalue weighted by Crippen LogP contribution is -1.96. The van der Waals surface area contributed by atoms with Gasteiger partial charge in [0.25, 0.3) is 0 Å². The third-order valence-corrected chi connectivity index (χ3v) is 2.21. The van der Waals surface area contributed by atoms with Crippen molar-refractivity contribution in [3.05, 3.63) is 23.9 Å². The van der Waals surface area contributed by atoms with E-state index in [1.54, 1.807) is 16.8 Å². The Balaban J connectivity index is 2.85. The van der Waals surface area contributed by atoms with Crippen LogP contribution in [0.4, 0.5) is 5.69 Å². The van der Waals surface area contributed by atoms with Crippen molar-refractivity contribution in [1.29, 1.82) is 0 Å². The molecule has 72 valence electrons. The maximum absolute atomic E-state index is 11.3. The van der Waals surface area contributed by atoms with Crippen LogP contribution in [0.5, 0.6) is 0 Å². The van der Waals surface area contributed by atoms with Crippen LogP contribution in [0.15, 0.2) is 18.2 Å². The van der Waals surface area contributed by atoms with Gasteiger partial charge in [0.2, 0.25) is 0 Å². The Bertz CT molecular complexity index is 513. The average Bonchev–Trinajstić information content (AvgIpc) is 2.43. The zero-order valence-corrected chi connectivity index (χ0v) is 8.11. The number of carbonyl (C=O) groups excluding carboxylic acids is 1.